The largest absolute Gasteiger partial charge is 0.492 e. The topological polar surface area (TPSA) is 64.6 Å². The SMILES string of the molecule is CCOCCCNCCOc1ccc(S(C)(=O)=O)cc1. The quantitative estimate of drug-likeness (QED) is 0.663. The summed E-state index contributed by atoms with van der Waals surface area (Å²) in [6, 6.07) is 6.46. The number of hydrogen-bond acceptors (Lipinski definition) is 5. The average molecular weight is 301 g/mol. The van der Waals surface area contributed by atoms with E-state index < -0.39 is 9.84 Å². The lowest BCUT2D eigenvalue weighted by molar-refractivity contribution is 0.144. The molecule has 0 bridgehead atoms. The van der Waals surface area contributed by atoms with E-state index in [0.717, 1.165) is 32.7 Å². The summed E-state index contributed by atoms with van der Waals surface area (Å²) in [5, 5.41) is 3.25. The van der Waals surface area contributed by atoms with Gasteiger partial charge < -0.3 is 14.8 Å². The Labute approximate surface area is 121 Å². The van der Waals surface area contributed by atoms with Crippen LogP contribution in [-0.2, 0) is 14.6 Å². The number of sulfone groups is 1. The second-order valence-electron chi connectivity index (χ2n) is 4.39. The van der Waals surface area contributed by atoms with E-state index in [0.29, 0.717) is 17.3 Å². The highest BCUT2D eigenvalue weighted by Gasteiger charge is 2.06. The lowest BCUT2D eigenvalue weighted by Crippen LogP contribution is -2.23. The summed E-state index contributed by atoms with van der Waals surface area (Å²) in [4.78, 5) is 0.305. The molecule has 0 spiro atoms. The van der Waals surface area contributed by atoms with Crippen LogP contribution < -0.4 is 10.1 Å². The first-order valence-electron chi connectivity index (χ1n) is 6.75. The molecule has 1 aromatic carbocycles. The molecule has 0 saturated heterocycles. The smallest absolute Gasteiger partial charge is 0.175 e. The molecule has 0 unspecified atom stereocenters. The summed E-state index contributed by atoms with van der Waals surface area (Å²) in [5.74, 6) is 0.675. The van der Waals surface area contributed by atoms with Crippen molar-refractivity contribution in [3.05, 3.63) is 24.3 Å². The van der Waals surface area contributed by atoms with Crippen molar-refractivity contribution in [1.29, 1.82) is 0 Å². The van der Waals surface area contributed by atoms with Crippen LogP contribution in [-0.4, -0.2) is 47.6 Å². The Bertz CT molecular complexity index is 470. The molecule has 6 heteroatoms. The third-order valence-electron chi connectivity index (χ3n) is 2.65. The molecule has 0 aliphatic heterocycles. The Balaban J connectivity index is 2.16. The number of nitrogens with one attached hydrogen (secondary N) is 1. The van der Waals surface area contributed by atoms with E-state index in [1.807, 2.05) is 6.92 Å². The monoisotopic (exact) mass is 301 g/mol. The maximum Gasteiger partial charge on any atom is 0.175 e. The number of benzene rings is 1. The van der Waals surface area contributed by atoms with Gasteiger partial charge in [-0.3, -0.25) is 0 Å². The molecule has 1 aromatic rings. The van der Waals surface area contributed by atoms with E-state index in [9.17, 15) is 8.42 Å². The highest BCUT2D eigenvalue weighted by atomic mass is 32.2. The normalized spacial score (nSPS) is 11.5. The fourth-order valence-electron chi connectivity index (χ4n) is 1.59. The van der Waals surface area contributed by atoms with E-state index in [1.54, 1.807) is 24.3 Å². The summed E-state index contributed by atoms with van der Waals surface area (Å²) in [5.41, 5.74) is 0. The maximum absolute atomic E-state index is 11.3. The fraction of sp³-hybridized carbons (Fsp3) is 0.571. The van der Waals surface area contributed by atoms with Gasteiger partial charge in [-0.25, -0.2) is 8.42 Å². The molecule has 0 aliphatic rings. The van der Waals surface area contributed by atoms with Gasteiger partial charge in [0.2, 0.25) is 0 Å². The van der Waals surface area contributed by atoms with Crippen LogP contribution in [0, 0.1) is 0 Å². The van der Waals surface area contributed by atoms with Crippen molar-refractivity contribution in [2.75, 3.05) is 39.2 Å². The molecule has 5 nitrogen and oxygen atoms in total. The van der Waals surface area contributed by atoms with Crippen LogP contribution in [0.5, 0.6) is 5.75 Å². The first-order valence-corrected chi connectivity index (χ1v) is 8.64. The van der Waals surface area contributed by atoms with Crippen LogP contribution in [0.15, 0.2) is 29.2 Å². The van der Waals surface area contributed by atoms with Crippen LogP contribution in [0.2, 0.25) is 0 Å². The average Bonchev–Trinajstić information content (AvgIpc) is 2.41. The van der Waals surface area contributed by atoms with Gasteiger partial charge in [0.15, 0.2) is 9.84 Å². The number of rotatable bonds is 10. The fourth-order valence-corrected chi connectivity index (χ4v) is 2.22. The second kappa shape index (κ2) is 8.94. The Hall–Kier alpha value is -1.11. The Morgan fingerprint density at radius 2 is 1.80 bits per heavy atom. The third-order valence-corrected chi connectivity index (χ3v) is 3.77. The summed E-state index contributed by atoms with van der Waals surface area (Å²) in [7, 11) is -3.14. The molecule has 0 aromatic heterocycles. The highest BCUT2D eigenvalue weighted by Crippen LogP contribution is 2.15. The molecule has 114 valence electrons. The van der Waals surface area contributed by atoms with Gasteiger partial charge in [0.05, 0.1) is 4.90 Å². The molecule has 0 fully saturated rings. The molecule has 0 atom stereocenters. The molecule has 0 heterocycles. The minimum Gasteiger partial charge on any atom is -0.492 e. The van der Waals surface area contributed by atoms with E-state index in [4.69, 9.17) is 9.47 Å². The summed E-state index contributed by atoms with van der Waals surface area (Å²) in [6.07, 6.45) is 2.17. The lowest BCUT2D eigenvalue weighted by Gasteiger charge is -2.08. The van der Waals surface area contributed by atoms with Crippen LogP contribution in [0.25, 0.3) is 0 Å². The van der Waals surface area contributed by atoms with Crippen LogP contribution in [0.4, 0.5) is 0 Å². The molecule has 0 radical (unpaired) electrons. The van der Waals surface area contributed by atoms with Crippen molar-refractivity contribution >= 4 is 9.84 Å². The molecular formula is C14H23NO4S. The van der Waals surface area contributed by atoms with Gasteiger partial charge >= 0.3 is 0 Å². The first-order chi connectivity index (χ1) is 9.54. The van der Waals surface area contributed by atoms with Crippen molar-refractivity contribution in [2.24, 2.45) is 0 Å². The zero-order valence-electron chi connectivity index (χ0n) is 12.1. The van der Waals surface area contributed by atoms with Gasteiger partial charge in [0, 0.05) is 26.0 Å². The molecule has 0 amide bonds. The molecule has 0 saturated carbocycles. The van der Waals surface area contributed by atoms with Crippen LogP contribution >= 0.6 is 0 Å². The minimum absolute atomic E-state index is 0.305. The zero-order valence-corrected chi connectivity index (χ0v) is 12.9. The summed E-state index contributed by atoms with van der Waals surface area (Å²) >= 11 is 0. The molecular weight excluding hydrogens is 278 g/mol. The lowest BCUT2D eigenvalue weighted by atomic mass is 10.3. The number of hydrogen-bond donors (Lipinski definition) is 1. The standard InChI is InChI=1S/C14H23NO4S/c1-3-18-11-4-9-15-10-12-19-13-5-7-14(8-6-13)20(2,16)17/h5-8,15H,3-4,9-12H2,1-2H3. The van der Waals surface area contributed by atoms with E-state index >= 15 is 0 Å². The van der Waals surface area contributed by atoms with E-state index in [1.165, 1.54) is 6.26 Å². The predicted octanol–water partition coefficient (Wildman–Crippen LogP) is 1.49. The maximum atomic E-state index is 11.3. The minimum atomic E-state index is -3.14. The molecule has 20 heavy (non-hydrogen) atoms. The van der Waals surface area contributed by atoms with Crippen LogP contribution in [0.3, 0.4) is 0 Å². The van der Waals surface area contributed by atoms with Gasteiger partial charge in [0.25, 0.3) is 0 Å². The second-order valence-corrected chi connectivity index (χ2v) is 6.41. The van der Waals surface area contributed by atoms with E-state index in [2.05, 4.69) is 5.32 Å². The van der Waals surface area contributed by atoms with Gasteiger partial charge in [-0.15, -0.1) is 0 Å². The van der Waals surface area contributed by atoms with Crippen molar-refractivity contribution < 1.29 is 17.9 Å². The molecule has 1 N–H and O–H groups in total. The number of ether oxygens (including phenoxy) is 2. The van der Waals surface area contributed by atoms with Gasteiger partial charge in [-0.05, 0) is 44.2 Å². The van der Waals surface area contributed by atoms with Crippen molar-refractivity contribution in [3.63, 3.8) is 0 Å². The van der Waals surface area contributed by atoms with Gasteiger partial charge in [-0.1, -0.05) is 0 Å². The van der Waals surface area contributed by atoms with Crippen molar-refractivity contribution in [3.8, 4) is 5.75 Å². The highest BCUT2D eigenvalue weighted by molar-refractivity contribution is 7.90. The third kappa shape index (κ3) is 6.88. The Kier molecular flexibility index (Phi) is 7.58. The molecule has 1 rings (SSSR count). The zero-order chi connectivity index (χ0) is 14.8. The first kappa shape index (κ1) is 16.9. The summed E-state index contributed by atoms with van der Waals surface area (Å²) in [6.45, 7) is 5.71. The van der Waals surface area contributed by atoms with Gasteiger partial charge in [-0.2, -0.15) is 0 Å². The Morgan fingerprint density at radius 1 is 1.10 bits per heavy atom. The predicted molar refractivity (Wildman–Crippen MR) is 79.0 cm³/mol. The van der Waals surface area contributed by atoms with E-state index in [-0.39, 0.29) is 0 Å². The van der Waals surface area contributed by atoms with Gasteiger partial charge in [0.1, 0.15) is 12.4 Å². The van der Waals surface area contributed by atoms with Crippen molar-refractivity contribution in [2.45, 2.75) is 18.2 Å². The summed E-state index contributed by atoms with van der Waals surface area (Å²) < 4.78 is 33.3. The van der Waals surface area contributed by atoms with Crippen molar-refractivity contribution in [1.82, 2.24) is 5.32 Å². The Morgan fingerprint density at radius 3 is 2.40 bits per heavy atom. The molecule has 0 aliphatic carbocycles. The van der Waals surface area contributed by atoms with Crippen LogP contribution in [0.1, 0.15) is 13.3 Å².